The molecule has 104 valence electrons. The van der Waals surface area contributed by atoms with Crippen molar-refractivity contribution < 1.29 is 0 Å². The summed E-state index contributed by atoms with van der Waals surface area (Å²) in [5.74, 6) is 0.854. The average molecular weight is 307 g/mol. The highest BCUT2D eigenvalue weighted by Crippen LogP contribution is 2.26. The van der Waals surface area contributed by atoms with Gasteiger partial charge in [-0.05, 0) is 32.9 Å². The van der Waals surface area contributed by atoms with Crippen molar-refractivity contribution in [3.05, 3.63) is 39.7 Å². The molecule has 0 N–H and O–H groups in total. The molecule has 0 aliphatic carbocycles. The second-order valence-corrected chi connectivity index (χ2v) is 6.42. The van der Waals surface area contributed by atoms with Gasteiger partial charge in [-0.3, -0.25) is 0 Å². The van der Waals surface area contributed by atoms with Crippen LogP contribution >= 0.6 is 22.9 Å². The van der Waals surface area contributed by atoms with Gasteiger partial charge >= 0.3 is 0 Å². The zero-order chi connectivity index (χ0) is 14.3. The minimum absolute atomic E-state index is 0.155. The Balaban J connectivity index is 2.18. The first-order chi connectivity index (χ1) is 9.56. The van der Waals surface area contributed by atoms with E-state index in [4.69, 9.17) is 11.6 Å². The molecule has 1 atom stereocenters. The van der Waals surface area contributed by atoms with Crippen molar-refractivity contribution in [3.8, 4) is 0 Å². The minimum atomic E-state index is -0.155. The van der Waals surface area contributed by atoms with Gasteiger partial charge in [-0.1, -0.05) is 0 Å². The van der Waals surface area contributed by atoms with Crippen LogP contribution in [0.5, 0.6) is 0 Å². The van der Waals surface area contributed by atoms with E-state index >= 15 is 0 Å². The lowest BCUT2D eigenvalue weighted by Crippen LogP contribution is -2.06. The van der Waals surface area contributed by atoms with Crippen molar-refractivity contribution in [1.82, 2.24) is 19.5 Å². The third-order valence-corrected chi connectivity index (χ3v) is 4.38. The molecule has 0 aliphatic rings. The standard InChI is InChI=1S/C14H15ClN4S/c1-8-4-5-11-14(17-8)19(13(18-11)9(2)15)6-12-10(3)16-7-20-12/h4-5,7,9H,6H2,1-3H3. The molecule has 0 amide bonds. The lowest BCUT2D eigenvalue weighted by atomic mass is 10.3. The number of rotatable bonds is 3. The molecule has 3 aromatic heterocycles. The van der Waals surface area contributed by atoms with Crippen molar-refractivity contribution in [1.29, 1.82) is 0 Å². The van der Waals surface area contributed by atoms with E-state index < -0.39 is 0 Å². The highest BCUT2D eigenvalue weighted by atomic mass is 35.5. The van der Waals surface area contributed by atoms with Crippen LogP contribution in [0.1, 0.15) is 34.4 Å². The number of alkyl halides is 1. The Labute approximate surface area is 126 Å². The molecule has 0 spiro atoms. The Bertz CT molecular complexity index is 760. The summed E-state index contributed by atoms with van der Waals surface area (Å²) in [5.41, 5.74) is 5.68. The first-order valence-electron chi connectivity index (χ1n) is 6.43. The average Bonchev–Trinajstić information content (AvgIpc) is 2.95. The Morgan fingerprint density at radius 1 is 1.30 bits per heavy atom. The molecular weight excluding hydrogens is 292 g/mol. The molecule has 0 bridgehead atoms. The summed E-state index contributed by atoms with van der Waals surface area (Å²) in [5, 5.41) is -0.155. The van der Waals surface area contributed by atoms with Crippen molar-refractivity contribution in [2.75, 3.05) is 0 Å². The van der Waals surface area contributed by atoms with Crippen molar-refractivity contribution in [2.45, 2.75) is 32.7 Å². The number of nitrogens with zero attached hydrogens (tertiary/aromatic N) is 4. The van der Waals surface area contributed by atoms with Gasteiger partial charge in [-0.15, -0.1) is 22.9 Å². The van der Waals surface area contributed by atoms with E-state index in [1.165, 1.54) is 4.88 Å². The third-order valence-electron chi connectivity index (χ3n) is 3.26. The van der Waals surface area contributed by atoms with Crippen LogP contribution in [0.4, 0.5) is 0 Å². The number of imidazole rings is 1. The largest absolute Gasteiger partial charge is 0.306 e. The summed E-state index contributed by atoms with van der Waals surface area (Å²) >= 11 is 7.93. The Morgan fingerprint density at radius 3 is 2.75 bits per heavy atom. The van der Waals surface area contributed by atoms with E-state index in [2.05, 4.69) is 19.5 Å². The van der Waals surface area contributed by atoms with Gasteiger partial charge in [0.15, 0.2) is 5.65 Å². The summed E-state index contributed by atoms with van der Waals surface area (Å²) in [7, 11) is 0. The van der Waals surface area contributed by atoms with Gasteiger partial charge in [0.1, 0.15) is 11.3 Å². The minimum Gasteiger partial charge on any atom is -0.306 e. The van der Waals surface area contributed by atoms with Gasteiger partial charge in [-0.25, -0.2) is 15.0 Å². The van der Waals surface area contributed by atoms with Crippen molar-refractivity contribution in [3.63, 3.8) is 0 Å². The van der Waals surface area contributed by atoms with Gasteiger partial charge < -0.3 is 4.57 Å². The van der Waals surface area contributed by atoms with Gasteiger partial charge in [0.25, 0.3) is 0 Å². The molecule has 3 heterocycles. The molecule has 0 fully saturated rings. The zero-order valence-electron chi connectivity index (χ0n) is 11.6. The maximum absolute atomic E-state index is 6.28. The number of halogens is 1. The summed E-state index contributed by atoms with van der Waals surface area (Å²) in [6.45, 7) is 6.66. The Morgan fingerprint density at radius 2 is 2.10 bits per heavy atom. The molecule has 20 heavy (non-hydrogen) atoms. The van der Waals surface area contributed by atoms with Crippen LogP contribution in [-0.2, 0) is 6.54 Å². The molecule has 0 aliphatic heterocycles. The van der Waals surface area contributed by atoms with Gasteiger partial charge in [-0.2, -0.15) is 0 Å². The second-order valence-electron chi connectivity index (χ2n) is 4.83. The fraction of sp³-hybridized carbons (Fsp3) is 0.357. The molecule has 1 unspecified atom stereocenters. The molecule has 0 saturated carbocycles. The molecule has 0 saturated heterocycles. The van der Waals surface area contributed by atoms with Crippen LogP contribution in [0.25, 0.3) is 11.2 Å². The highest BCUT2D eigenvalue weighted by molar-refractivity contribution is 7.09. The van der Waals surface area contributed by atoms with E-state index in [1.54, 1.807) is 11.3 Å². The summed E-state index contributed by atoms with van der Waals surface area (Å²) in [6.07, 6.45) is 0. The number of thiazole rings is 1. The number of aromatic nitrogens is 4. The third kappa shape index (κ3) is 2.31. The molecule has 3 rings (SSSR count). The molecule has 3 aromatic rings. The summed E-state index contributed by atoms with van der Waals surface area (Å²) in [4.78, 5) is 14.7. The highest BCUT2D eigenvalue weighted by Gasteiger charge is 2.17. The van der Waals surface area contributed by atoms with Crippen LogP contribution < -0.4 is 0 Å². The maximum atomic E-state index is 6.28. The van der Waals surface area contributed by atoms with Gasteiger partial charge in [0.2, 0.25) is 0 Å². The summed E-state index contributed by atoms with van der Waals surface area (Å²) < 4.78 is 2.10. The number of fused-ring (bicyclic) bond motifs is 1. The van der Waals surface area contributed by atoms with Crippen LogP contribution in [-0.4, -0.2) is 19.5 Å². The molecular formula is C14H15ClN4S. The van der Waals surface area contributed by atoms with E-state index in [9.17, 15) is 0 Å². The topological polar surface area (TPSA) is 43.6 Å². The number of hydrogen-bond acceptors (Lipinski definition) is 4. The van der Waals surface area contributed by atoms with Gasteiger partial charge in [0, 0.05) is 10.6 Å². The number of aryl methyl sites for hydroxylation is 2. The smallest absolute Gasteiger partial charge is 0.160 e. The lowest BCUT2D eigenvalue weighted by molar-refractivity contribution is 0.739. The molecule has 0 radical (unpaired) electrons. The SMILES string of the molecule is Cc1ccc2nc(C(C)Cl)n(Cc3scnc3C)c2n1. The van der Waals surface area contributed by atoms with E-state index in [-0.39, 0.29) is 5.38 Å². The Kier molecular flexibility index (Phi) is 3.48. The van der Waals surface area contributed by atoms with E-state index in [0.717, 1.165) is 34.9 Å². The first-order valence-corrected chi connectivity index (χ1v) is 7.74. The molecule has 6 heteroatoms. The maximum Gasteiger partial charge on any atom is 0.160 e. The second kappa shape index (κ2) is 5.14. The predicted octanol–water partition coefficient (Wildman–Crippen LogP) is 3.85. The van der Waals surface area contributed by atoms with E-state index in [0.29, 0.717) is 0 Å². The van der Waals surface area contributed by atoms with Crippen LogP contribution in [0.3, 0.4) is 0 Å². The predicted molar refractivity (Wildman–Crippen MR) is 82.5 cm³/mol. The fourth-order valence-electron chi connectivity index (χ4n) is 2.19. The fourth-order valence-corrected chi connectivity index (χ4v) is 3.13. The lowest BCUT2D eigenvalue weighted by Gasteiger charge is -2.09. The molecule has 0 aromatic carbocycles. The van der Waals surface area contributed by atoms with E-state index in [1.807, 2.05) is 38.4 Å². The van der Waals surface area contributed by atoms with Crippen molar-refractivity contribution >= 4 is 34.1 Å². The van der Waals surface area contributed by atoms with Crippen LogP contribution in [0.2, 0.25) is 0 Å². The Hall–Kier alpha value is -1.46. The number of pyridine rings is 1. The van der Waals surface area contributed by atoms with Crippen LogP contribution in [0, 0.1) is 13.8 Å². The quantitative estimate of drug-likeness (QED) is 0.690. The normalized spacial score (nSPS) is 13.0. The zero-order valence-corrected chi connectivity index (χ0v) is 13.2. The molecule has 4 nitrogen and oxygen atoms in total. The van der Waals surface area contributed by atoms with Crippen LogP contribution in [0.15, 0.2) is 17.6 Å². The summed E-state index contributed by atoms with van der Waals surface area (Å²) in [6, 6.07) is 3.97. The van der Waals surface area contributed by atoms with Gasteiger partial charge in [0.05, 0.1) is 23.1 Å². The first kappa shape index (κ1) is 13.5. The van der Waals surface area contributed by atoms with Crippen molar-refractivity contribution in [2.24, 2.45) is 0 Å². The number of hydrogen-bond donors (Lipinski definition) is 0. The monoisotopic (exact) mass is 306 g/mol.